The van der Waals surface area contributed by atoms with Crippen molar-refractivity contribution in [1.82, 2.24) is 9.62 Å². The van der Waals surface area contributed by atoms with E-state index in [2.05, 4.69) is 4.72 Å². The lowest BCUT2D eigenvalue weighted by Crippen LogP contribution is -2.41. The molecule has 3 aromatic rings. The van der Waals surface area contributed by atoms with E-state index < -0.39 is 16.1 Å². The van der Waals surface area contributed by atoms with Gasteiger partial charge in [-0.3, -0.25) is 10.2 Å². The van der Waals surface area contributed by atoms with Gasteiger partial charge in [0.1, 0.15) is 11.9 Å². The summed E-state index contributed by atoms with van der Waals surface area (Å²) in [6.07, 6.45) is 0.362. The Labute approximate surface area is 190 Å². The normalized spacial score (nSPS) is 16.6. The SMILES string of the molecule is N=C(N)c1cccc(CN2CC[C@H](NS(=O)(=O)c3ccc4c(Cl)c(N)ccc4c3)C2=O)c1. The second-order valence-corrected chi connectivity index (χ2v) is 9.78. The standard InChI is InChI=1S/C22H22ClN5O3S/c23-20-17-6-5-16(11-14(17)4-7-18(20)24)32(30,31)27-19-8-9-28(22(19)29)12-13-2-1-3-15(10-13)21(25)26/h1-7,10-11,19,27H,8-9,12,24H2,(H3,25,26)/t19-/m0/s1. The van der Waals surface area contributed by atoms with Crippen molar-refractivity contribution >= 4 is 49.8 Å². The molecule has 0 unspecified atom stereocenters. The van der Waals surface area contributed by atoms with Gasteiger partial charge in [-0.1, -0.05) is 41.9 Å². The molecule has 1 amide bonds. The van der Waals surface area contributed by atoms with Crippen LogP contribution in [0.25, 0.3) is 10.8 Å². The number of carbonyl (C=O) groups is 1. The van der Waals surface area contributed by atoms with Crippen molar-refractivity contribution in [1.29, 1.82) is 5.41 Å². The van der Waals surface area contributed by atoms with Gasteiger partial charge in [-0.25, -0.2) is 8.42 Å². The van der Waals surface area contributed by atoms with Crippen LogP contribution in [0.15, 0.2) is 59.5 Å². The zero-order valence-electron chi connectivity index (χ0n) is 17.0. The molecule has 32 heavy (non-hydrogen) atoms. The second kappa shape index (κ2) is 8.42. The van der Waals surface area contributed by atoms with Crippen LogP contribution in [0.5, 0.6) is 0 Å². The van der Waals surface area contributed by atoms with Crippen molar-refractivity contribution in [3.63, 3.8) is 0 Å². The third kappa shape index (κ3) is 4.27. The Morgan fingerprint density at radius 1 is 1.19 bits per heavy atom. The van der Waals surface area contributed by atoms with E-state index >= 15 is 0 Å². The van der Waals surface area contributed by atoms with Crippen LogP contribution >= 0.6 is 11.6 Å². The maximum atomic E-state index is 12.9. The summed E-state index contributed by atoms with van der Waals surface area (Å²) < 4.78 is 28.4. The average Bonchev–Trinajstić information content (AvgIpc) is 3.09. The second-order valence-electron chi connectivity index (χ2n) is 7.69. The number of halogens is 1. The van der Waals surface area contributed by atoms with Crippen LogP contribution in [0, 0.1) is 5.41 Å². The molecule has 0 bridgehead atoms. The highest BCUT2D eigenvalue weighted by atomic mass is 35.5. The molecule has 4 rings (SSSR count). The molecular weight excluding hydrogens is 450 g/mol. The van der Waals surface area contributed by atoms with Crippen LogP contribution in [0.3, 0.4) is 0 Å². The fourth-order valence-electron chi connectivity index (χ4n) is 3.77. The van der Waals surface area contributed by atoms with Crippen molar-refractivity contribution in [2.75, 3.05) is 12.3 Å². The number of hydrogen-bond acceptors (Lipinski definition) is 5. The topological polar surface area (TPSA) is 142 Å². The number of carbonyl (C=O) groups excluding carboxylic acids is 1. The fourth-order valence-corrected chi connectivity index (χ4v) is 5.27. The van der Waals surface area contributed by atoms with Gasteiger partial charge in [0.05, 0.1) is 15.6 Å². The molecule has 1 atom stereocenters. The van der Waals surface area contributed by atoms with E-state index in [9.17, 15) is 13.2 Å². The van der Waals surface area contributed by atoms with Crippen LogP contribution in [0.4, 0.5) is 5.69 Å². The Bertz CT molecular complexity index is 1340. The molecule has 0 aromatic heterocycles. The molecule has 0 aliphatic carbocycles. The molecule has 1 aliphatic heterocycles. The Kier molecular flexibility index (Phi) is 5.81. The summed E-state index contributed by atoms with van der Waals surface area (Å²) in [6, 6.07) is 14.1. The fraction of sp³-hybridized carbons (Fsp3) is 0.182. The number of amides is 1. The number of nitrogens with two attached hydrogens (primary N) is 2. The van der Waals surface area contributed by atoms with Crippen molar-refractivity contribution < 1.29 is 13.2 Å². The molecule has 8 nitrogen and oxygen atoms in total. The summed E-state index contributed by atoms with van der Waals surface area (Å²) in [6.45, 7) is 0.733. The maximum absolute atomic E-state index is 12.9. The van der Waals surface area contributed by atoms with E-state index in [4.69, 9.17) is 28.5 Å². The zero-order chi connectivity index (χ0) is 23.0. The minimum atomic E-state index is -3.92. The molecule has 0 spiro atoms. The maximum Gasteiger partial charge on any atom is 0.241 e. The highest BCUT2D eigenvalue weighted by Crippen LogP contribution is 2.30. The molecule has 0 radical (unpaired) electrons. The Hall–Kier alpha value is -3.14. The van der Waals surface area contributed by atoms with Crippen molar-refractivity contribution in [3.8, 4) is 0 Å². The number of nitrogen functional groups attached to an aromatic ring is 2. The first-order chi connectivity index (χ1) is 15.2. The van der Waals surface area contributed by atoms with E-state index in [0.29, 0.717) is 46.6 Å². The molecule has 0 saturated carbocycles. The lowest BCUT2D eigenvalue weighted by atomic mass is 10.1. The first kappa shape index (κ1) is 22.1. The summed E-state index contributed by atoms with van der Waals surface area (Å²) in [7, 11) is -3.92. The monoisotopic (exact) mass is 471 g/mol. The summed E-state index contributed by atoms with van der Waals surface area (Å²) in [5.41, 5.74) is 13.1. The van der Waals surface area contributed by atoms with Crippen LogP contribution in [0.1, 0.15) is 17.5 Å². The molecule has 10 heteroatoms. The van der Waals surface area contributed by atoms with Gasteiger partial charge in [-0.15, -0.1) is 0 Å². The Morgan fingerprint density at radius 3 is 2.72 bits per heavy atom. The van der Waals surface area contributed by atoms with Gasteiger partial charge in [0.15, 0.2) is 0 Å². The van der Waals surface area contributed by atoms with Crippen molar-refractivity contribution in [3.05, 3.63) is 70.7 Å². The molecule has 6 N–H and O–H groups in total. The molecule has 3 aromatic carbocycles. The van der Waals surface area contributed by atoms with Crippen LogP contribution in [-0.4, -0.2) is 37.6 Å². The predicted molar refractivity (Wildman–Crippen MR) is 125 cm³/mol. The van der Waals surface area contributed by atoms with Crippen LogP contribution < -0.4 is 16.2 Å². The Morgan fingerprint density at radius 2 is 1.97 bits per heavy atom. The van der Waals surface area contributed by atoms with E-state index in [0.717, 1.165) is 5.56 Å². The third-order valence-corrected chi connectivity index (χ3v) is 7.36. The number of hydrogen-bond donors (Lipinski definition) is 4. The van der Waals surface area contributed by atoms with Gasteiger partial charge >= 0.3 is 0 Å². The lowest BCUT2D eigenvalue weighted by Gasteiger charge is -2.18. The number of nitrogens with zero attached hydrogens (tertiary/aromatic N) is 1. The first-order valence-corrected chi connectivity index (χ1v) is 11.7. The summed E-state index contributed by atoms with van der Waals surface area (Å²) in [5.74, 6) is -0.344. The van der Waals surface area contributed by atoms with E-state index in [1.54, 1.807) is 41.3 Å². The van der Waals surface area contributed by atoms with Gasteiger partial charge in [0, 0.05) is 24.0 Å². The third-order valence-electron chi connectivity index (χ3n) is 5.47. The number of amidine groups is 1. The largest absolute Gasteiger partial charge is 0.398 e. The molecule has 1 heterocycles. The van der Waals surface area contributed by atoms with Gasteiger partial charge in [0.2, 0.25) is 15.9 Å². The molecule has 1 fully saturated rings. The summed E-state index contributed by atoms with van der Waals surface area (Å²) in [4.78, 5) is 14.5. The lowest BCUT2D eigenvalue weighted by molar-refractivity contribution is -0.129. The van der Waals surface area contributed by atoms with Crippen LogP contribution in [-0.2, 0) is 21.4 Å². The van der Waals surface area contributed by atoms with E-state index in [1.807, 2.05) is 6.07 Å². The van der Waals surface area contributed by atoms with E-state index in [-0.39, 0.29) is 16.6 Å². The molecular formula is C22H22ClN5O3S. The highest BCUT2D eigenvalue weighted by molar-refractivity contribution is 7.89. The number of likely N-dealkylation sites (tertiary alicyclic amines) is 1. The summed E-state index contributed by atoms with van der Waals surface area (Å²) >= 11 is 6.20. The predicted octanol–water partition coefficient (Wildman–Crippen LogP) is 2.44. The Balaban J connectivity index is 1.50. The smallest absolute Gasteiger partial charge is 0.241 e. The van der Waals surface area contributed by atoms with Gasteiger partial charge in [-0.2, -0.15) is 4.72 Å². The number of nitrogens with one attached hydrogen (secondary N) is 2. The number of benzene rings is 3. The number of rotatable bonds is 6. The highest BCUT2D eigenvalue weighted by Gasteiger charge is 2.35. The average molecular weight is 472 g/mol. The minimum Gasteiger partial charge on any atom is -0.398 e. The number of sulfonamides is 1. The molecule has 1 aliphatic rings. The number of anilines is 1. The molecule has 1 saturated heterocycles. The van der Waals surface area contributed by atoms with Gasteiger partial charge in [-0.05, 0) is 41.6 Å². The first-order valence-electron chi connectivity index (χ1n) is 9.88. The van der Waals surface area contributed by atoms with Crippen molar-refractivity contribution in [2.24, 2.45) is 5.73 Å². The van der Waals surface area contributed by atoms with E-state index in [1.165, 1.54) is 12.1 Å². The van der Waals surface area contributed by atoms with Crippen LogP contribution in [0.2, 0.25) is 5.02 Å². The zero-order valence-corrected chi connectivity index (χ0v) is 18.6. The quantitative estimate of drug-likeness (QED) is 0.248. The van der Waals surface area contributed by atoms with Gasteiger partial charge in [0.25, 0.3) is 0 Å². The minimum absolute atomic E-state index is 0.0475. The van der Waals surface area contributed by atoms with Gasteiger partial charge < -0.3 is 16.4 Å². The summed E-state index contributed by atoms with van der Waals surface area (Å²) in [5, 5.41) is 9.21. The molecule has 166 valence electrons. The number of fused-ring (bicyclic) bond motifs is 1. The van der Waals surface area contributed by atoms with Crippen molar-refractivity contribution in [2.45, 2.75) is 23.9 Å².